The van der Waals surface area contributed by atoms with Gasteiger partial charge in [-0.15, -0.1) is 0 Å². The summed E-state index contributed by atoms with van der Waals surface area (Å²) in [5.74, 6) is 0.229. The van der Waals surface area contributed by atoms with Gasteiger partial charge in [-0.05, 0) is 37.0 Å². The third kappa shape index (κ3) is 1.96. The third-order valence-electron chi connectivity index (χ3n) is 3.00. The Morgan fingerprint density at radius 1 is 1.25 bits per heavy atom. The van der Waals surface area contributed by atoms with Crippen LogP contribution in [0.15, 0.2) is 12.1 Å². The molecule has 1 aliphatic carbocycles. The van der Waals surface area contributed by atoms with E-state index in [1.165, 1.54) is 0 Å². The highest BCUT2D eigenvalue weighted by Gasteiger charge is 2.19. The van der Waals surface area contributed by atoms with Crippen molar-refractivity contribution in [1.29, 1.82) is 0 Å². The molecule has 0 amide bonds. The van der Waals surface area contributed by atoms with Gasteiger partial charge in [-0.2, -0.15) is 0 Å². The number of carbonyl (C=O) groups is 1. The Kier molecular flexibility index (Phi) is 2.73. The molecule has 0 N–H and O–H groups in total. The van der Waals surface area contributed by atoms with Gasteiger partial charge in [-0.1, -0.05) is 0 Å². The standard InChI is InChI=1S/C12H13NO3/c1-8-5-10-6-11(14)4-2-3-9(10)7-12(8)13(15)16/h5,7H,2-4,6H2,1H3. The summed E-state index contributed by atoms with van der Waals surface area (Å²) in [5, 5.41) is 10.8. The first kappa shape index (κ1) is 10.8. The van der Waals surface area contributed by atoms with Gasteiger partial charge in [0, 0.05) is 24.5 Å². The maximum Gasteiger partial charge on any atom is 0.272 e. The normalized spacial score (nSPS) is 15.4. The van der Waals surface area contributed by atoms with Crippen molar-refractivity contribution in [3.05, 3.63) is 38.9 Å². The molecule has 4 heteroatoms. The van der Waals surface area contributed by atoms with E-state index in [1.54, 1.807) is 19.1 Å². The lowest BCUT2D eigenvalue weighted by Crippen LogP contribution is -2.02. The van der Waals surface area contributed by atoms with E-state index >= 15 is 0 Å². The van der Waals surface area contributed by atoms with Gasteiger partial charge in [0.05, 0.1) is 4.92 Å². The van der Waals surface area contributed by atoms with Gasteiger partial charge in [-0.25, -0.2) is 0 Å². The Hall–Kier alpha value is -1.71. The molecule has 0 saturated carbocycles. The van der Waals surface area contributed by atoms with Crippen molar-refractivity contribution < 1.29 is 9.72 Å². The summed E-state index contributed by atoms with van der Waals surface area (Å²) in [5.41, 5.74) is 2.72. The molecule has 0 radical (unpaired) electrons. The van der Waals surface area contributed by atoms with Crippen LogP contribution in [-0.4, -0.2) is 10.7 Å². The molecule has 84 valence electrons. The van der Waals surface area contributed by atoms with E-state index in [0.29, 0.717) is 18.4 Å². The van der Waals surface area contributed by atoms with E-state index < -0.39 is 0 Å². The van der Waals surface area contributed by atoms with Crippen LogP contribution in [0.3, 0.4) is 0 Å². The smallest absolute Gasteiger partial charge is 0.272 e. The van der Waals surface area contributed by atoms with Crippen LogP contribution in [0.4, 0.5) is 5.69 Å². The number of fused-ring (bicyclic) bond motifs is 1. The molecule has 0 heterocycles. The second-order valence-electron chi connectivity index (χ2n) is 4.23. The van der Waals surface area contributed by atoms with Crippen molar-refractivity contribution in [2.75, 3.05) is 0 Å². The van der Waals surface area contributed by atoms with Crippen molar-refractivity contribution in [2.24, 2.45) is 0 Å². The lowest BCUT2D eigenvalue weighted by Gasteiger charge is -2.06. The Morgan fingerprint density at radius 2 is 2.00 bits per heavy atom. The molecule has 16 heavy (non-hydrogen) atoms. The van der Waals surface area contributed by atoms with Gasteiger partial charge in [0.2, 0.25) is 0 Å². The largest absolute Gasteiger partial charge is 0.299 e. The van der Waals surface area contributed by atoms with Crippen LogP contribution < -0.4 is 0 Å². The number of nitro groups is 1. The molecule has 0 saturated heterocycles. The number of nitrogens with zero attached hydrogens (tertiary/aromatic N) is 1. The van der Waals surface area contributed by atoms with Gasteiger partial charge in [0.15, 0.2) is 0 Å². The fourth-order valence-electron chi connectivity index (χ4n) is 2.17. The summed E-state index contributed by atoms with van der Waals surface area (Å²) in [7, 11) is 0. The topological polar surface area (TPSA) is 60.2 Å². The molecule has 2 rings (SSSR count). The molecular formula is C12H13NO3. The highest BCUT2D eigenvalue weighted by Crippen LogP contribution is 2.27. The average molecular weight is 219 g/mol. The molecule has 1 aromatic carbocycles. The first-order valence-corrected chi connectivity index (χ1v) is 5.36. The lowest BCUT2D eigenvalue weighted by atomic mass is 9.99. The zero-order valence-electron chi connectivity index (χ0n) is 9.16. The van der Waals surface area contributed by atoms with Crippen LogP contribution in [0, 0.1) is 17.0 Å². The maximum absolute atomic E-state index is 11.4. The van der Waals surface area contributed by atoms with Crippen LogP contribution in [0.5, 0.6) is 0 Å². The summed E-state index contributed by atoms with van der Waals surface area (Å²) in [6, 6.07) is 3.42. The number of hydrogen-bond acceptors (Lipinski definition) is 3. The molecule has 4 nitrogen and oxygen atoms in total. The van der Waals surface area contributed by atoms with E-state index in [4.69, 9.17) is 0 Å². The summed E-state index contributed by atoms with van der Waals surface area (Å²) in [6.45, 7) is 1.72. The number of Topliss-reactive ketones (excluding diaryl/α,β-unsaturated/α-hetero) is 1. The molecule has 0 atom stereocenters. The minimum atomic E-state index is -0.359. The van der Waals surface area contributed by atoms with Gasteiger partial charge in [0.1, 0.15) is 5.78 Å². The predicted molar refractivity (Wildman–Crippen MR) is 59.5 cm³/mol. The first-order valence-electron chi connectivity index (χ1n) is 5.36. The third-order valence-corrected chi connectivity index (χ3v) is 3.00. The minimum absolute atomic E-state index is 0.160. The second kappa shape index (κ2) is 4.04. The summed E-state index contributed by atoms with van der Waals surface area (Å²) in [4.78, 5) is 21.9. The molecule has 1 aromatic rings. The first-order chi connectivity index (χ1) is 7.58. The zero-order valence-corrected chi connectivity index (χ0v) is 9.16. The second-order valence-corrected chi connectivity index (χ2v) is 4.23. The van der Waals surface area contributed by atoms with E-state index in [2.05, 4.69) is 0 Å². The fraction of sp³-hybridized carbons (Fsp3) is 0.417. The molecule has 0 unspecified atom stereocenters. The van der Waals surface area contributed by atoms with Crippen molar-refractivity contribution in [3.63, 3.8) is 0 Å². The number of ketones is 1. The van der Waals surface area contributed by atoms with E-state index in [-0.39, 0.29) is 16.4 Å². The monoisotopic (exact) mass is 219 g/mol. The van der Waals surface area contributed by atoms with Gasteiger partial charge >= 0.3 is 0 Å². The van der Waals surface area contributed by atoms with E-state index in [9.17, 15) is 14.9 Å². The van der Waals surface area contributed by atoms with E-state index in [0.717, 1.165) is 24.0 Å². The summed E-state index contributed by atoms with van der Waals surface area (Å²) < 4.78 is 0. The van der Waals surface area contributed by atoms with Crippen LogP contribution >= 0.6 is 0 Å². The Bertz CT molecular complexity index is 466. The van der Waals surface area contributed by atoms with Gasteiger partial charge in [-0.3, -0.25) is 14.9 Å². The highest BCUT2D eigenvalue weighted by atomic mass is 16.6. The Labute approximate surface area is 93.4 Å². The lowest BCUT2D eigenvalue weighted by molar-refractivity contribution is -0.385. The SMILES string of the molecule is Cc1cc2c(cc1[N+](=O)[O-])CCCC(=O)C2. The molecule has 0 aromatic heterocycles. The number of hydrogen-bond donors (Lipinski definition) is 0. The number of nitro benzene ring substituents is 1. The average Bonchev–Trinajstić information content (AvgIpc) is 2.36. The molecule has 1 aliphatic rings. The van der Waals surface area contributed by atoms with Crippen molar-refractivity contribution in [3.8, 4) is 0 Å². The number of aryl methyl sites for hydroxylation is 2. The van der Waals surface area contributed by atoms with Crippen LogP contribution in [0.25, 0.3) is 0 Å². The minimum Gasteiger partial charge on any atom is -0.299 e. The van der Waals surface area contributed by atoms with Crippen LogP contribution in [0.2, 0.25) is 0 Å². The number of benzene rings is 1. The van der Waals surface area contributed by atoms with Crippen LogP contribution in [-0.2, 0) is 17.6 Å². The van der Waals surface area contributed by atoms with Crippen molar-refractivity contribution in [1.82, 2.24) is 0 Å². The molecule has 0 spiro atoms. The molecule has 0 fully saturated rings. The van der Waals surface area contributed by atoms with Crippen molar-refractivity contribution >= 4 is 11.5 Å². The van der Waals surface area contributed by atoms with Crippen LogP contribution in [0.1, 0.15) is 29.5 Å². The summed E-state index contributed by atoms with van der Waals surface area (Å²) in [6.07, 6.45) is 2.57. The van der Waals surface area contributed by atoms with E-state index in [1.807, 2.05) is 0 Å². The molecule has 0 bridgehead atoms. The zero-order chi connectivity index (χ0) is 11.7. The summed E-state index contributed by atoms with van der Waals surface area (Å²) >= 11 is 0. The Morgan fingerprint density at radius 3 is 2.69 bits per heavy atom. The van der Waals surface area contributed by atoms with Crippen molar-refractivity contribution in [2.45, 2.75) is 32.6 Å². The number of rotatable bonds is 1. The number of carbonyl (C=O) groups excluding carboxylic acids is 1. The van der Waals surface area contributed by atoms with Gasteiger partial charge < -0.3 is 0 Å². The molecular weight excluding hydrogens is 206 g/mol. The highest BCUT2D eigenvalue weighted by molar-refractivity contribution is 5.82. The van der Waals surface area contributed by atoms with Gasteiger partial charge in [0.25, 0.3) is 5.69 Å². The fourth-order valence-corrected chi connectivity index (χ4v) is 2.17. The predicted octanol–water partition coefficient (Wildman–Crippen LogP) is 2.35. The molecule has 0 aliphatic heterocycles. The quantitative estimate of drug-likeness (QED) is 0.414. The maximum atomic E-state index is 11.4. The Balaban J connectivity index is 2.49.